The molecule has 0 atom stereocenters. The Morgan fingerprint density at radius 3 is 2.52 bits per heavy atom. The second-order valence-electron chi connectivity index (χ2n) is 9.28. The van der Waals surface area contributed by atoms with Crippen molar-refractivity contribution < 1.29 is 14.0 Å². The van der Waals surface area contributed by atoms with Crippen LogP contribution in [0.2, 0.25) is 5.02 Å². The number of carbonyl (C=O) groups excluding carboxylic acids is 2. The van der Waals surface area contributed by atoms with Gasteiger partial charge in [-0.15, -0.1) is 0 Å². The average molecular weight is 477 g/mol. The van der Waals surface area contributed by atoms with Crippen LogP contribution >= 0.6 is 11.6 Å². The van der Waals surface area contributed by atoms with Crippen molar-refractivity contribution in [2.75, 3.05) is 58.9 Å². The third-order valence-electron chi connectivity index (χ3n) is 6.88. The zero-order chi connectivity index (χ0) is 23.2. The number of amides is 2. The second-order valence-corrected chi connectivity index (χ2v) is 9.69. The fourth-order valence-electron chi connectivity index (χ4n) is 4.64. The molecule has 1 aromatic rings. The van der Waals surface area contributed by atoms with Crippen molar-refractivity contribution in [1.82, 2.24) is 19.6 Å². The van der Waals surface area contributed by atoms with Gasteiger partial charge in [0.2, 0.25) is 11.8 Å². The molecule has 0 radical (unpaired) electrons. The first kappa shape index (κ1) is 24.2. The molecule has 180 valence electrons. The molecule has 3 fully saturated rings. The van der Waals surface area contributed by atoms with Gasteiger partial charge in [0.05, 0.1) is 5.02 Å². The molecule has 6 nitrogen and oxygen atoms in total. The van der Waals surface area contributed by atoms with Crippen molar-refractivity contribution in [3.8, 4) is 0 Å². The summed E-state index contributed by atoms with van der Waals surface area (Å²) in [5.41, 5.74) is 0.663. The highest BCUT2D eigenvalue weighted by Crippen LogP contribution is 2.27. The molecule has 8 heteroatoms. The molecule has 2 amide bonds. The minimum absolute atomic E-state index is 0.0288. The number of unbranched alkanes of at least 4 members (excludes halogenated alkanes) is 1. The standard InChI is InChI=1S/C25H34ClFN4O2/c26-22-19-20(3-7-23(22)27)4-8-24(32)31-12-9-25(33)30(17-18-31)11-2-1-10-28-13-15-29(16-14-28)21-5-6-21/h3-4,7-8,19,21H,1-2,5-6,9-18H2. The van der Waals surface area contributed by atoms with E-state index in [0.717, 1.165) is 45.1 Å². The predicted octanol–water partition coefficient (Wildman–Crippen LogP) is 3.11. The van der Waals surface area contributed by atoms with Gasteiger partial charge in [-0.1, -0.05) is 17.7 Å². The van der Waals surface area contributed by atoms with Crippen LogP contribution in [-0.4, -0.2) is 96.4 Å². The van der Waals surface area contributed by atoms with Crippen molar-refractivity contribution in [2.45, 2.75) is 38.1 Å². The number of carbonyl (C=O) groups is 2. The van der Waals surface area contributed by atoms with E-state index in [1.807, 2.05) is 4.90 Å². The lowest BCUT2D eigenvalue weighted by molar-refractivity contribution is -0.130. The predicted molar refractivity (Wildman–Crippen MR) is 128 cm³/mol. The summed E-state index contributed by atoms with van der Waals surface area (Å²) in [6.07, 6.45) is 8.30. The van der Waals surface area contributed by atoms with Gasteiger partial charge in [-0.2, -0.15) is 0 Å². The van der Waals surface area contributed by atoms with Crippen LogP contribution in [0.1, 0.15) is 37.7 Å². The highest BCUT2D eigenvalue weighted by molar-refractivity contribution is 6.30. The number of rotatable bonds is 8. The van der Waals surface area contributed by atoms with E-state index in [9.17, 15) is 14.0 Å². The summed E-state index contributed by atoms with van der Waals surface area (Å²) in [6.45, 7) is 8.10. The van der Waals surface area contributed by atoms with Gasteiger partial charge in [0, 0.05) is 70.9 Å². The molecule has 0 spiro atoms. The van der Waals surface area contributed by atoms with Crippen LogP contribution in [0.25, 0.3) is 6.08 Å². The van der Waals surface area contributed by atoms with Crippen LogP contribution in [0.15, 0.2) is 24.3 Å². The molecular formula is C25H34ClFN4O2. The van der Waals surface area contributed by atoms with Crippen molar-refractivity contribution in [2.24, 2.45) is 0 Å². The Balaban J connectivity index is 1.16. The molecule has 0 unspecified atom stereocenters. The Labute approximate surface area is 200 Å². The van der Waals surface area contributed by atoms with Crippen molar-refractivity contribution in [1.29, 1.82) is 0 Å². The van der Waals surface area contributed by atoms with Gasteiger partial charge in [-0.3, -0.25) is 14.5 Å². The highest BCUT2D eigenvalue weighted by atomic mass is 35.5. The van der Waals surface area contributed by atoms with E-state index in [-0.39, 0.29) is 16.8 Å². The molecule has 2 heterocycles. The fraction of sp³-hybridized carbons (Fsp3) is 0.600. The lowest BCUT2D eigenvalue weighted by Gasteiger charge is -2.34. The van der Waals surface area contributed by atoms with Crippen LogP contribution in [0, 0.1) is 5.82 Å². The molecule has 0 N–H and O–H groups in total. The molecule has 1 aromatic carbocycles. The summed E-state index contributed by atoms with van der Waals surface area (Å²) in [7, 11) is 0. The van der Waals surface area contributed by atoms with Crippen molar-refractivity contribution in [3.05, 3.63) is 40.7 Å². The summed E-state index contributed by atoms with van der Waals surface area (Å²) in [5.74, 6) is -0.504. The summed E-state index contributed by atoms with van der Waals surface area (Å²) < 4.78 is 13.3. The number of halogens is 2. The molecule has 33 heavy (non-hydrogen) atoms. The Hall–Kier alpha value is -1.96. The quantitative estimate of drug-likeness (QED) is 0.427. The molecule has 1 aliphatic carbocycles. The highest BCUT2D eigenvalue weighted by Gasteiger charge is 2.31. The van der Waals surface area contributed by atoms with Gasteiger partial charge in [-0.05, 0) is 56.0 Å². The summed E-state index contributed by atoms with van der Waals surface area (Å²) >= 11 is 5.80. The molecule has 4 rings (SSSR count). The van der Waals surface area contributed by atoms with Crippen molar-refractivity contribution in [3.63, 3.8) is 0 Å². The van der Waals surface area contributed by atoms with Gasteiger partial charge in [-0.25, -0.2) is 4.39 Å². The van der Waals surface area contributed by atoms with E-state index in [0.29, 0.717) is 31.6 Å². The molecule has 1 saturated carbocycles. The number of benzene rings is 1. The summed E-state index contributed by atoms with van der Waals surface area (Å²) in [5, 5.41) is 0.0288. The minimum atomic E-state index is -0.484. The first-order chi connectivity index (χ1) is 16.0. The zero-order valence-electron chi connectivity index (χ0n) is 19.2. The Bertz CT molecular complexity index is 868. The van der Waals surface area contributed by atoms with Gasteiger partial charge in [0.1, 0.15) is 5.82 Å². The molecular weight excluding hydrogens is 443 g/mol. The van der Waals surface area contributed by atoms with E-state index >= 15 is 0 Å². The number of nitrogens with zero attached hydrogens (tertiary/aromatic N) is 4. The molecule has 2 saturated heterocycles. The van der Waals surface area contributed by atoms with E-state index in [4.69, 9.17) is 11.6 Å². The van der Waals surface area contributed by atoms with E-state index < -0.39 is 5.82 Å². The van der Waals surface area contributed by atoms with E-state index in [1.165, 1.54) is 44.1 Å². The Morgan fingerprint density at radius 2 is 1.79 bits per heavy atom. The monoisotopic (exact) mass is 476 g/mol. The fourth-order valence-corrected chi connectivity index (χ4v) is 4.83. The van der Waals surface area contributed by atoms with E-state index in [1.54, 1.807) is 17.0 Å². The summed E-state index contributed by atoms with van der Waals surface area (Å²) in [6, 6.07) is 5.21. The van der Waals surface area contributed by atoms with Gasteiger partial charge < -0.3 is 14.7 Å². The van der Waals surface area contributed by atoms with Crippen LogP contribution in [0.5, 0.6) is 0 Å². The molecule has 0 bridgehead atoms. The molecule has 2 aliphatic heterocycles. The molecule has 0 aromatic heterocycles. The third-order valence-corrected chi connectivity index (χ3v) is 7.17. The normalized spacial score (nSPS) is 21.1. The van der Waals surface area contributed by atoms with Crippen molar-refractivity contribution >= 4 is 29.5 Å². The lowest BCUT2D eigenvalue weighted by atomic mass is 10.2. The number of piperazine rings is 1. The maximum absolute atomic E-state index is 13.3. The zero-order valence-corrected chi connectivity index (χ0v) is 20.0. The SMILES string of the molecule is O=C(C=Cc1ccc(F)c(Cl)c1)N1CCC(=O)N(CCCCN2CCN(C3CC3)CC2)CC1. The average Bonchev–Trinajstić information content (AvgIpc) is 3.67. The lowest BCUT2D eigenvalue weighted by Crippen LogP contribution is -2.47. The van der Waals surface area contributed by atoms with Crippen LogP contribution in [0.3, 0.4) is 0 Å². The number of hydrogen-bond donors (Lipinski definition) is 0. The topological polar surface area (TPSA) is 47.1 Å². The smallest absolute Gasteiger partial charge is 0.246 e. The number of hydrogen-bond acceptors (Lipinski definition) is 4. The van der Waals surface area contributed by atoms with Crippen LogP contribution in [-0.2, 0) is 9.59 Å². The second kappa shape index (κ2) is 11.4. The van der Waals surface area contributed by atoms with Crippen LogP contribution in [0.4, 0.5) is 4.39 Å². The summed E-state index contributed by atoms with van der Waals surface area (Å²) in [4.78, 5) is 33.9. The third kappa shape index (κ3) is 7.01. The van der Waals surface area contributed by atoms with Crippen LogP contribution < -0.4 is 0 Å². The Kier molecular flexibility index (Phi) is 8.39. The molecule has 3 aliphatic rings. The van der Waals surface area contributed by atoms with Gasteiger partial charge in [0.15, 0.2) is 0 Å². The largest absolute Gasteiger partial charge is 0.341 e. The maximum atomic E-state index is 13.3. The minimum Gasteiger partial charge on any atom is -0.341 e. The maximum Gasteiger partial charge on any atom is 0.246 e. The first-order valence-electron chi connectivity index (χ1n) is 12.2. The van der Waals surface area contributed by atoms with Gasteiger partial charge in [0.25, 0.3) is 0 Å². The van der Waals surface area contributed by atoms with E-state index in [2.05, 4.69) is 9.80 Å². The van der Waals surface area contributed by atoms with Gasteiger partial charge >= 0.3 is 0 Å². The first-order valence-corrected chi connectivity index (χ1v) is 12.5. The Morgan fingerprint density at radius 1 is 1.03 bits per heavy atom.